The van der Waals surface area contributed by atoms with Gasteiger partial charge in [-0.25, -0.2) is 3.63 Å². The molecule has 0 heterocycles. The highest BCUT2D eigenvalue weighted by molar-refractivity contribution is 8.08. The van der Waals surface area contributed by atoms with E-state index in [1.54, 1.807) is 0 Å². The van der Waals surface area contributed by atoms with Crippen molar-refractivity contribution < 1.29 is 3.63 Å². The van der Waals surface area contributed by atoms with E-state index in [0.29, 0.717) is 10.8 Å². The standard InChI is InChI=1S/C22H38OS2/c1-21(2,3)13-7-9-15-17(11-13)19(15)24-23-25-20-16-10-8-14(12-18(16)20)22(4,5)6/h13-20H,7-12H2,1-6H3. The molecule has 1 nitrogen and oxygen atoms in total. The van der Waals surface area contributed by atoms with Crippen molar-refractivity contribution in [1.82, 2.24) is 0 Å². The summed E-state index contributed by atoms with van der Waals surface area (Å²) in [6, 6.07) is 0. The molecule has 3 heteroatoms. The van der Waals surface area contributed by atoms with Crippen LogP contribution >= 0.6 is 24.1 Å². The van der Waals surface area contributed by atoms with E-state index in [0.717, 1.165) is 46.0 Å². The van der Waals surface area contributed by atoms with Crippen molar-refractivity contribution in [2.24, 2.45) is 46.3 Å². The Bertz CT molecular complexity index is 447. The van der Waals surface area contributed by atoms with Crippen LogP contribution in [0.5, 0.6) is 0 Å². The fourth-order valence-electron chi connectivity index (χ4n) is 5.85. The summed E-state index contributed by atoms with van der Waals surface area (Å²) in [6.45, 7) is 14.6. The van der Waals surface area contributed by atoms with Crippen molar-refractivity contribution in [3.63, 3.8) is 0 Å². The molecule has 8 atom stereocenters. The Balaban J connectivity index is 1.18. The fourth-order valence-corrected chi connectivity index (χ4v) is 8.44. The summed E-state index contributed by atoms with van der Waals surface area (Å²) in [5.74, 6) is 5.69. The maximum Gasteiger partial charge on any atom is 0.0386 e. The number of fused-ring (bicyclic) bond motifs is 2. The Labute approximate surface area is 164 Å². The lowest BCUT2D eigenvalue weighted by Crippen LogP contribution is -2.23. The number of hydrogen-bond donors (Lipinski definition) is 0. The van der Waals surface area contributed by atoms with Gasteiger partial charge in [-0.15, -0.1) is 0 Å². The summed E-state index contributed by atoms with van der Waals surface area (Å²) in [5.41, 5.74) is 0.984. The van der Waals surface area contributed by atoms with Crippen LogP contribution in [0.1, 0.15) is 80.1 Å². The monoisotopic (exact) mass is 382 g/mol. The number of hydrogen-bond acceptors (Lipinski definition) is 3. The summed E-state index contributed by atoms with van der Waals surface area (Å²) >= 11 is 3.69. The molecule has 25 heavy (non-hydrogen) atoms. The van der Waals surface area contributed by atoms with Crippen LogP contribution in [0, 0.1) is 46.3 Å². The van der Waals surface area contributed by atoms with Gasteiger partial charge in [-0.1, -0.05) is 41.5 Å². The second-order valence-electron chi connectivity index (χ2n) is 11.6. The van der Waals surface area contributed by atoms with Crippen molar-refractivity contribution in [2.45, 2.75) is 90.6 Å². The average molecular weight is 383 g/mol. The van der Waals surface area contributed by atoms with Gasteiger partial charge in [-0.05, 0) is 84.9 Å². The summed E-state index contributed by atoms with van der Waals surface area (Å²) in [6.07, 6.45) is 8.66. The molecule has 8 unspecified atom stereocenters. The first-order valence-corrected chi connectivity index (χ1v) is 12.3. The molecule has 0 radical (unpaired) electrons. The normalized spacial score (nSPS) is 46.3. The third kappa shape index (κ3) is 3.94. The Morgan fingerprint density at radius 3 is 1.36 bits per heavy atom. The molecule has 0 amide bonds. The Morgan fingerprint density at radius 1 is 0.600 bits per heavy atom. The van der Waals surface area contributed by atoms with E-state index < -0.39 is 0 Å². The lowest BCUT2D eigenvalue weighted by atomic mass is 9.72. The van der Waals surface area contributed by atoms with Gasteiger partial charge in [0.15, 0.2) is 0 Å². The van der Waals surface area contributed by atoms with E-state index in [4.69, 9.17) is 3.63 Å². The Hall–Kier alpha value is 0.660. The molecule has 144 valence electrons. The van der Waals surface area contributed by atoms with Crippen molar-refractivity contribution in [3.8, 4) is 0 Å². The van der Waals surface area contributed by atoms with E-state index >= 15 is 0 Å². The smallest absolute Gasteiger partial charge is 0.0386 e. The van der Waals surface area contributed by atoms with Gasteiger partial charge >= 0.3 is 0 Å². The van der Waals surface area contributed by atoms with Crippen LogP contribution in [0.2, 0.25) is 0 Å². The zero-order chi connectivity index (χ0) is 18.0. The maximum atomic E-state index is 6.14. The van der Waals surface area contributed by atoms with Crippen LogP contribution in [-0.4, -0.2) is 10.5 Å². The predicted octanol–water partition coefficient (Wildman–Crippen LogP) is 7.22. The van der Waals surface area contributed by atoms with E-state index in [9.17, 15) is 0 Å². The molecule has 4 aliphatic carbocycles. The molecule has 4 aliphatic rings. The maximum absolute atomic E-state index is 6.14. The molecule has 0 aromatic carbocycles. The topological polar surface area (TPSA) is 9.23 Å². The van der Waals surface area contributed by atoms with Gasteiger partial charge in [0, 0.05) is 34.6 Å². The minimum atomic E-state index is 0.492. The highest BCUT2D eigenvalue weighted by atomic mass is 32.2. The summed E-state index contributed by atoms with van der Waals surface area (Å²) in [7, 11) is 0. The molecular formula is C22H38OS2. The predicted molar refractivity (Wildman–Crippen MR) is 111 cm³/mol. The summed E-state index contributed by atoms with van der Waals surface area (Å²) in [4.78, 5) is 0. The van der Waals surface area contributed by atoms with Crippen molar-refractivity contribution in [1.29, 1.82) is 0 Å². The van der Waals surface area contributed by atoms with Crippen LogP contribution < -0.4 is 0 Å². The molecule has 0 N–H and O–H groups in total. The molecule has 0 aromatic heterocycles. The molecular weight excluding hydrogens is 344 g/mol. The molecule has 0 aliphatic heterocycles. The van der Waals surface area contributed by atoms with Crippen molar-refractivity contribution in [2.75, 3.05) is 0 Å². The molecule has 4 fully saturated rings. The van der Waals surface area contributed by atoms with Crippen molar-refractivity contribution in [3.05, 3.63) is 0 Å². The lowest BCUT2D eigenvalue weighted by molar-refractivity contribution is 0.173. The molecule has 4 rings (SSSR count). The summed E-state index contributed by atoms with van der Waals surface area (Å²) in [5, 5.41) is 1.62. The first kappa shape index (κ1) is 19.0. The van der Waals surface area contributed by atoms with Gasteiger partial charge < -0.3 is 0 Å². The molecule has 0 aromatic rings. The molecule has 4 saturated carbocycles. The largest absolute Gasteiger partial charge is 0.247 e. The van der Waals surface area contributed by atoms with Crippen LogP contribution in [0.3, 0.4) is 0 Å². The van der Waals surface area contributed by atoms with E-state index in [-0.39, 0.29) is 0 Å². The van der Waals surface area contributed by atoms with Crippen LogP contribution in [0.4, 0.5) is 0 Å². The second kappa shape index (κ2) is 6.62. The van der Waals surface area contributed by atoms with Gasteiger partial charge in [-0.3, -0.25) is 0 Å². The second-order valence-corrected chi connectivity index (χ2v) is 13.6. The van der Waals surface area contributed by atoms with Gasteiger partial charge in [0.1, 0.15) is 0 Å². The average Bonchev–Trinajstić information content (AvgIpc) is 3.40. The molecule has 0 spiro atoms. The lowest BCUT2D eigenvalue weighted by Gasteiger charge is -2.33. The molecule has 0 bridgehead atoms. The summed E-state index contributed by atoms with van der Waals surface area (Å²) < 4.78 is 6.14. The first-order valence-electron chi connectivity index (χ1n) is 10.6. The Kier molecular flexibility index (Phi) is 5.03. The Morgan fingerprint density at radius 2 is 1.00 bits per heavy atom. The van der Waals surface area contributed by atoms with Crippen LogP contribution in [0.25, 0.3) is 0 Å². The minimum absolute atomic E-state index is 0.492. The van der Waals surface area contributed by atoms with Gasteiger partial charge in [-0.2, -0.15) is 0 Å². The van der Waals surface area contributed by atoms with Gasteiger partial charge in [0.2, 0.25) is 0 Å². The fraction of sp³-hybridized carbons (Fsp3) is 1.00. The highest BCUT2D eigenvalue weighted by Crippen LogP contribution is 2.63. The van der Waals surface area contributed by atoms with E-state index in [2.05, 4.69) is 41.5 Å². The third-order valence-electron chi connectivity index (χ3n) is 8.07. The van der Waals surface area contributed by atoms with E-state index in [1.807, 2.05) is 24.1 Å². The minimum Gasteiger partial charge on any atom is -0.247 e. The third-order valence-corrected chi connectivity index (χ3v) is 10.5. The van der Waals surface area contributed by atoms with Crippen LogP contribution in [0.15, 0.2) is 0 Å². The van der Waals surface area contributed by atoms with Gasteiger partial charge in [0.05, 0.1) is 0 Å². The quantitative estimate of drug-likeness (QED) is 0.475. The van der Waals surface area contributed by atoms with Crippen LogP contribution in [-0.2, 0) is 3.63 Å². The van der Waals surface area contributed by atoms with Crippen molar-refractivity contribution >= 4 is 24.1 Å². The highest BCUT2D eigenvalue weighted by Gasteiger charge is 2.57. The van der Waals surface area contributed by atoms with E-state index in [1.165, 1.54) is 38.5 Å². The zero-order valence-electron chi connectivity index (χ0n) is 17.1. The first-order chi connectivity index (χ1) is 11.7. The number of rotatable bonds is 4. The SMILES string of the molecule is CC(C)(C)C1CCC2C(C1)C2SOSC1C2CCC(C(C)(C)C)CC21. The molecule has 0 saturated heterocycles. The van der Waals surface area contributed by atoms with Gasteiger partial charge in [0.25, 0.3) is 0 Å². The zero-order valence-corrected chi connectivity index (χ0v) is 18.7.